The number of esters is 1. The monoisotopic (exact) mass is 323 g/mol. The fourth-order valence-electron chi connectivity index (χ4n) is 1.98. The lowest BCUT2D eigenvalue weighted by molar-refractivity contribution is -0.160. The maximum Gasteiger partial charge on any atom is 0.422 e. The van der Waals surface area contributed by atoms with E-state index in [-0.39, 0.29) is 18.9 Å². The van der Waals surface area contributed by atoms with E-state index in [1.165, 1.54) is 0 Å². The van der Waals surface area contributed by atoms with Crippen molar-refractivity contribution in [3.05, 3.63) is 12.2 Å². The van der Waals surface area contributed by atoms with Gasteiger partial charge in [-0.1, -0.05) is 19.1 Å². The Bertz CT molecular complexity index is 409. The zero-order chi connectivity index (χ0) is 16.6. The van der Waals surface area contributed by atoms with E-state index in [0.717, 1.165) is 12.8 Å². The number of alkyl halides is 3. The summed E-state index contributed by atoms with van der Waals surface area (Å²) < 4.78 is 44.4. The first kappa shape index (κ1) is 18.3. The molecule has 2 unspecified atom stereocenters. The van der Waals surface area contributed by atoms with Gasteiger partial charge >= 0.3 is 18.2 Å². The SMILES string of the molecule is CC1CC=CCC1COC(=O)CCNC(=O)OCC(F)(F)F. The first-order chi connectivity index (χ1) is 10.3. The summed E-state index contributed by atoms with van der Waals surface area (Å²) in [6.45, 7) is 0.606. The Hall–Kier alpha value is -1.73. The second-order valence-electron chi connectivity index (χ2n) is 5.23. The molecule has 0 fully saturated rings. The van der Waals surface area contributed by atoms with E-state index in [1.54, 1.807) is 0 Å². The number of nitrogens with one attached hydrogen (secondary N) is 1. The molecule has 126 valence electrons. The third kappa shape index (κ3) is 7.90. The maximum atomic E-state index is 11.8. The van der Waals surface area contributed by atoms with Gasteiger partial charge in [0.25, 0.3) is 0 Å². The molecule has 5 nitrogen and oxygen atoms in total. The molecule has 8 heteroatoms. The van der Waals surface area contributed by atoms with Crippen LogP contribution in [0.1, 0.15) is 26.2 Å². The van der Waals surface area contributed by atoms with Crippen LogP contribution in [-0.4, -0.2) is 38.0 Å². The lowest BCUT2D eigenvalue weighted by Gasteiger charge is -2.24. The van der Waals surface area contributed by atoms with Crippen molar-refractivity contribution in [2.75, 3.05) is 19.8 Å². The summed E-state index contributed by atoms with van der Waals surface area (Å²) in [5.74, 6) is 0.213. The van der Waals surface area contributed by atoms with E-state index in [0.29, 0.717) is 12.5 Å². The van der Waals surface area contributed by atoms with E-state index >= 15 is 0 Å². The van der Waals surface area contributed by atoms with Crippen molar-refractivity contribution >= 4 is 12.1 Å². The Morgan fingerprint density at radius 2 is 1.91 bits per heavy atom. The number of alkyl carbamates (subject to hydrolysis) is 1. The smallest absolute Gasteiger partial charge is 0.422 e. The Morgan fingerprint density at radius 1 is 1.23 bits per heavy atom. The largest absolute Gasteiger partial charge is 0.465 e. The molecule has 0 spiro atoms. The predicted octanol–water partition coefficient (Wildman–Crippen LogP) is 2.81. The van der Waals surface area contributed by atoms with Crippen LogP contribution in [0.3, 0.4) is 0 Å². The van der Waals surface area contributed by atoms with Gasteiger partial charge in [-0.15, -0.1) is 0 Å². The molecule has 0 aliphatic heterocycles. The highest BCUT2D eigenvalue weighted by Gasteiger charge is 2.29. The molecule has 0 bridgehead atoms. The van der Waals surface area contributed by atoms with E-state index in [4.69, 9.17) is 4.74 Å². The summed E-state index contributed by atoms with van der Waals surface area (Å²) >= 11 is 0. The van der Waals surface area contributed by atoms with Crippen LogP contribution in [0.2, 0.25) is 0 Å². The molecule has 0 radical (unpaired) electrons. The van der Waals surface area contributed by atoms with Gasteiger partial charge < -0.3 is 14.8 Å². The molecule has 1 amide bonds. The van der Waals surface area contributed by atoms with E-state index in [2.05, 4.69) is 29.1 Å². The molecule has 0 aromatic rings. The second kappa shape index (κ2) is 8.65. The van der Waals surface area contributed by atoms with Crippen LogP contribution in [0.25, 0.3) is 0 Å². The topological polar surface area (TPSA) is 64.6 Å². The fourth-order valence-corrected chi connectivity index (χ4v) is 1.98. The number of rotatable bonds is 6. The third-order valence-electron chi connectivity index (χ3n) is 3.34. The van der Waals surface area contributed by atoms with E-state index in [1.807, 2.05) is 0 Å². The highest BCUT2D eigenvalue weighted by molar-refractivity contribution is 5.71. The molecular weight excluding hydrogens is 303 g/mol. The van der Waals surface area contributed by atoms with Crippen LogP contribution in [-0.2, 0) is 14.3 Å². The molecule has 0 saturated heterocycles. The van der Waals surface area contributed by atoms with Gasteiger partial charge in [-0.05, 0) is 24.7 Å². The molecule has 0 saturated carbocycles. The number of hydrogen-bond donors (Lipinski definition) is 1. The number of hydrogen-bond acceptors (Lipinski definition) is 4. The van der Waals surface area contributed by atoms with Crippen molar-refractivity contribution in [2.45, 2.75) is 32.4 Å². The molecular formula is C14H20F3NO4. The summed E-state index contributed by atoms with van der Waals surface area (Å²) in [6.07, 6.45) is 0.0668. The standard InChI is InChI=1S/C14H20F3NO4/c1-10-4-2-3-5-11(10)8-21-12(19)6-7-18-13(20)22-9-14(15,16)17/h2-3,10-11H,4-9H2,1H3,(H,18,20). The van der Waals surface area contributed by atoms with Crippen molar-refractivity contribution in [2.24, 2.45) is 11.8 Å². The van der Waals surface area contributed by atoms with E-state index in [9.17, 15) is 22.8 Å². The van der Waals surface area contributed by atoms with Gasteiger partial charge in [0.05, 0.1) is 13.0 Å². The maximum absolute atomic E-state index is 11.8. The lowest BCUT2D eigenvalue weighted by Crippen LogP contribution is -2.31. The number of carbonyl (C=O) groups excluding carboxylic acids is 2. The van der Waals surface area contributed by atoms with Crippen LogP contribution in [0.5, 0.6) is 0 Å². The van der Waals surface area contributed by atoms with Crippen molar-refractivity contribution < 1.29 is 32.2 Å². The Balaban J connectivity index is 2.10. The summed E-state index contributed by atoms with van der Waals surface area (Å²) in [6, 6.07) is 0. The van der Waals surface area contributed by atoms with E-state index < -0.39 is 24.8 Å². The molecule has 1 aliphatic rings. The van der Waals surface area contributed by atoms with Gasteiger partial charge in [-0.2, -0.15) is 13.2 Å². The van der Waals surface area contributed by atoms with Crippen molar-refractivity contribution in [3.8, 4) is 0 Å². The minimum atomic E-state index is -4.57. The molecule has 0 aromatic carbocycles. The van der Waals surface area contributed by atoms with Gasteiger partial charge in [0.1, 0.15) is 0 Å². The Labute approximate surface area is 126 Å². The normalized spacial score (nSPS) is 21.3. The van der Waals surface area contributed by atoms with Gasteiger partial charge in [-0.3, -0.25) is 4.79 Å². The molecule has 0 heterocycles. The molecule has 2 atom stereocenters. The third-order valence-corrected chi connectivity index (χ3v) is 3.34. The molecule has 1 rings (SSSR count). The van der Waals surface area contributed by atoms with Crippen molar-refractivity contribution in [1.29, 1.82) is 0 Å². The fraction of sp³-hybridized carbons (Fsp3) is 0.714. The van der Waals surface area contributed by atoms with Gasteiger partial charge in [-0.25, -0.2) is 4.79 Å². The summed E-state index contributed by atoms with van der Waals surface area (Å²) in [5, 5.41) is 2.06. The summed E-state index contributed by atoms with van der Waals surface area (Å²) in [7, 11) is 0. The average molecular weight is 323 g/mol. The highest BCUT2D eigenvalue weighted by Crippen LogP contribution is 2.25. The van der Waals surface area contributed by atoms with Crippen LogP contribution >= 0.6 is 0 Å². The quantitative estimate of drug-likeness (QED) is 0.603. The minimum absolute atomic E-state index is 0.113. The first-order valence-electron chi connectivity index (χ1n) is 7.06. The average Bonchev–Trinajstić information content (AvgIpc) is 2.43. The minimum Gasteiger partial charge on any atom is -0.465 e. The lowest BCUT2D eigenvalue weighted by atomic mass is 9.85. The number of allylic oxidation sites excluding steroid dienone is 2. The van der Waals surface area contributed by atoms with Crippen LogP contribution < -0.4 is 5.32 Å². The summed E-state index contributed by atoms with van der Waals surface area (Å²) in [4.78, 5) is 22.4. The zero-order valence-electron chi connectivity index (χ0n) is 12.3. The highest BCUT2D eigenvalue weighted by atomic mass is 19.4. The van der Waals surface area contributed by atoms with Crippen LogP contribution in [0, 0.1) is 11.8 Å². The zero-order valence-corrected chi connectivity index (χ0v) is 12.3. The summed E-state index contributed by atoms with van der Waals surface area (Å²) in [5.41, 5.74) is 0. The molecule has 1 aliphatic carbocycles. The van der Waals surface area contributed by atoms with Crippen molar-refractivity contribution in [1.82, 2.24) is 5.32 Å². The molecule has 22 heavy (non-hydrogen) atoms. The van der Waals surface area contributed by atoms with Crippen LogP contribution in [0.15, 0.2) is 12.2 Å². The second-order valence-corrected chi connectivity index (χ2v) is 5.23. The molecule has 1 N–H and O–H groups in total. The van der Waals surface area contributed by atoms with Crippen LogP contribution in [0.4, 0.5) is 18.0 Å². The first-order valence-corrected chi connectivity index (χ1v) is 7.06. The van der Waals surface area contributed by atoms with Gasteiger partial charge in [0.2, 0.25) is 0 Å². The number of halogens is 3. The Morgan fingerprint density at radius 3 is 2.55 bits per heavy atom. The molecule has 0 aromatic heterocycles. The predicted molar refractivity (Wildman–Crippen MR) is 72.0 cm³/mol. The number of carbonyl (C=O) groups is 2. The van der Waals surface area contributed by atoms with Gasteiger partial charge in [0.15, 0.2) is 6.61 Å². The van der Waals surface area contributed by atoms with Crippen molar-refractivity contribution in [3.63, 3.8) is 0 Å². The Kier molecular flexibility index (Phi) is 7.20. The number of ether oxygens (including phenoxy) is 2. The number of amides is 1. The van der Waals surface area contributed by atoms with Gasteiger partial charge in [0, 0.05) is 6.54 Å².